The lowest BCUT2D eigenvalue weighted by molar-refractivity contribution is 0.331. The van der Waals surface area contributed by atoms with E-state index in [-0.39, 0.29) is 0 Å². The van der Waals surface area contributed by atoms with Crippen LogP contribution in [0.25, 0.3) is 22.6 Å². The van der Waals surface area contributed by atoms with E-state index in [0.717, 1.165) is 27.7 Å². The van der Waals surface area contributed by atoms with Crippen molar-refractivity contribution in [2.75, 3.05) is 13.1 Å². The molecule has 0 aliphatic carbocycles. The van der Waals surface area contributed by atoms with Gasteiger partial charge < -0.3 is 4.42 Å². The second kappa shape index (κ2) is 5.86. The molecular weight excluding hydrogens is 340 g/mol. The molecule has 2 aromatic carbocycles. The smallest absolute Gasteiger partial charge is 0.227 e. The van der Waals surface area contributed by atoms with Gasteiger partial charge in [0, 0.05) is 16.6 Å². The Morgan fingerprint density at radius 3 is 2.77 bits per heavy atom. The summed E-state index contributed by atoms with van der Waals surface area (Å²) in [6.45, 7) is 3.43. The Morgan fingerprint density at radius 2 is 1.95 bits per heavy atom. The zero-order valence-electron chi connectivity index (χ0n) is 12.3. The van der Waals surface area contributed by atoms with Crippen molar-refractivity contribution in [2.45, 2.75) is 19.4 Å². The number of oxazole rings is 1. The van der Waals surface area contributed by atoms with Gasteiger partial charge in [-0.15, -0.1) is 0 Å². The standard InChI is InChI=1S/C18H17BrN2O/c19-15-5-3-4-14(11-15)18-20-16-10-13(6-7-17(16)22-18)12-21-8-1-2-9-21/h3-7,10-11H,1-2,8-9,12H2. The summed E-state index contributed by atoms with van der Waals surface area (Å²) < 4.78 is 6.92. The maximum absolute atomic E-state index is 5.89. The molecule has 1 aliphatic rings. The molecule has 1 aromatic heterocycles. The minimum atomic E-state index is 0.676. The van der Waals surface area contributed by atoms with E-state index in [9.17, 15) is 0 Å². The summed E-state index contributed by atoms with van der Waals surface area (Å²) in [6, 6.07) is 14.4. The zero-order valence-corrected chi connectivity index (χ0v) is 13.8. The van der Waals surface area contributed by atoms with Crippen LogP contribution in [0.1, 0.15) is 18.4 Å². The van der Waals surface area contributed by atoms with Crippen LogP contribution in [0.4, 0.5) is 0 Å². The van der Waals surface area contributed by atoms with E-state index in [1.54, 1.807) is 0 Å². The second-order valence-corrected chi connectivity index (χ2v) is 6.73. The summed E-state index contributed by atoms with van der Waals surface area (Å²) in [4.78, 5) is 7.15. The van der Waals surface area contributed by atoms with Crippen molar-refractivity contribution < 1.29 is 4.42 Å². The van der Waals surface area contributed by atoms with E-state index in [1.807, 2.05) is 30.3 Å². The predicted octanol–water partition coefficient (Wildman–Crippen LogP) is 4.85. The molecule has 2 heterocycles. The Bertz CT molecular complexity index is 806. The number of hydrogen-bond donors (Lipinski definition) is 0. The average Bonchev–Trinajstić information content (AvgIpc) is 3.16. The van der Waals surface area contributed by atoms with E-state index in [4.69, 9.17) is 4.42 Å². The molecule has 0 bridgehead atoms. The monoisotopic (exact) mass is 356 g/mol. The fourth-order valence-electron chi connectivity index (χ4n) is 3.02. The van der Waals surface area contributed by atoms with Crippen molar-refractivity contribution in [3.63, 3.8) is 0 Å². The van der Waals surface area contributed by atoms with Gasteiger partial charge in [-0.3, -0.25) is 4.90 Å². The number of fused-ring (bicyclic) bond motifs is 1. The molecule has 3 nitrogen and oxygen atoms in total. The van der Waals surface area contributed by atoms with Crippen LogP contribution >= 0.6 is 15.9 Å². The predicted molar refractivity (Wildman–Crippen MR) is 91.7 cm³/mol. The minimum Gasteiger partial charge on any atom is -0.436 e. The van der Waals surface area contributed by atoms with Gasteiger partial charge in [-0.2, -0.15) is 0 Å². The molecule has 3 aromatic rings. The first-order chi connectivity index (χ1) is 10.8. The highest BCUT2D eigenvalue weighted by Gasteiger charge is 2.13. The van der Waals surface area contributed by atoms with Crippen molar-refractivity contribution >= 4 is 27.0 Å². The van der Waals surface area contributed by atoms with E-state index >= 15 is 0 Å². The number of rotatable bonds is 3. The molecule has 0 amide bonds. The third kappa shape index (κ3) is 2.81. The average molecular weight is 357 g/mol. The largest absolute Gasteiger partial charge is 0.436 e. The van der Waals surface area contributed by atoms with Crippen LogP contribution in [0, 0.1) is 0 Å². The first-order valence-corrected chi connectivity index (χ1v) is 8.45. The molecule has 4 heteroatoms. The maximum atomic E-state index is 5.89. The normalized spacial score (nSPS) is 15.7. The molecule has 0 atom stereocenters. The Labute approximate surface area is 138 Å². The zero-order chi connectivity index (χ0) is 14.9. The number of likely N-dealkylation sites (tertiary alicyclic amines) is 1. The van der Waals surface area contributed by atoms with Gasteiger partial charge in [0.25, 0.3) is 0 Å². The number of nitrogens with zero attached hydrogens (tertiary/aromatic N) is 2. The number of hydrogen-bond acceptors (Lipinski definition) is 3. The lowest BCUT2D eigenvalue weighted by Crippen LogP contribution is -2.18. The van der Waals surface area contributed by atoms with Crippen molar-refractivity contribution in [2.24, 2.45) is 0 Å². The van der Waals surface area contributed by atoms with Gasteiger partial charge in [0.05, 0.1) is 0 Å². The van der Waals surface area contributed by atoms with Crippen LogP contribution in [0.3, 0.4) is 0 Å². The minimum absolute atomic E-state index is 0.676. The van der Waals surface area contributed by atoms with Gasteiger partial charge in [-0.25, -0.2) is 4.98 Å². The molecule has 1 aliphatic heterocycles. The van der Waals surface area contributed by atoms with Gasteiger partial charge in [0.15, 0.2) is 5.58 Å². The Balaban J connectivity index is 1.65. The Hall–Kier alpha value is -1.65. The molecule has 1 fully saturated rings. The summed E-state index contributed by atoms with van der Waals surface area (Å²) in [5.41, 5.74) is 4.09. The molecular formula is C18H17BrN2O. The van der Waals surface area contributed by atoms with Crippen molar-refractivity contribution in [3.05, 3.63) is 52.5 Å². The fourth-order valence-corrected chi connectivity index (χ4v) is 3.41. The fraction of sp³-hybridized carbons (Fsp3) is 0.278. The van der Waals surface area contributed by atoms with Crippen molar-refractivity contribution in [3.8, 4) is 11.5 Å². The molecule has 22 heavy (non-hydrogen) atoms. The highest BCUT2D eigenvalue weighted by Crippen LogP contribution is 2.27. The van der Waals surface area contributed by atoms with E-state index in [1.165, 1.54) is 31.5 Å². The molecule has 0 N–H and O–H groups in total. The van der Waals surface area contributed by atoms with Crippen LogP contribution in [-0.2, 0) is 6.54 Å². The second-order valence-electron chi connectivity index (χ2n) is 5.81. The Kier molecular flexibility index (Phi) is 3.72. The van der Waals surface area contributed by atoms with Crippen LogP contribution in [0.2, 0.25) is 0 Å². The summed E-state index contributed by atoms with van der Waals surface area (Å²) in [5.74, 6) is 0.676. The first-order valence-electron chi connectivity index (χ1n) is 7.66. The summed E-state index contributed by atoms with van der Waals surface area (Å²) >= 11 is 3.49. The molecule has 1 saturated heterocycles. The Morgan fingerprint density at radius 1 is 1.09 bits per heavy atom. The van der Waals surface area contributed by atoms with E-state index in [2.05, 4.69) is 37.9 Å². The third-order valence-electron chi connectivity index (χ3n) is 4.13. The van der Waals surface area contributed by atoms with Gasteiger partial charge in [0.1, 0.15) is 5.52 Å². The van der Waals surface area contributed by atoms with E-state index < -0.39 is 0 Å². The highest BCUT2D eigenvalue weighted by atomic mass is 79.9. The summed E-state index contributed by atoms with van der Waals surface area (Å²) in [5, 5.41) is 0. The topological polar surface area (TPSA) is 29.3 Å². The summed E-state index contributed by atoms with van der Waals surface area (Å²) in [6.07, 6.45) is 2.64. The van der Waals surface area contributed by atoms with Crippen molar-refractivity contribution in [1.29, 1.82) is 0 Å². The molecule has 0 radical (unpaired) electrons. The summed E-state index contributed by atoms with van der Waals surface area (Å²) in [7, 11) is 0. The van der Waals surface area contributed by atoms with Crippen LogP contribution in [0.15, 0.2) is 51.4 Å². The SMILES string of the molecule is Brc1cccc(-c2nc3cc(CN4CCCC4)ccc3o2)c1. The maximum Gasteiger partial charge on any atom is 0.227 e. The molecule has 112 valence electrons. The van der Waals surface area contributed by atoms with Gasteiger partial charge >= 0.3 is 0 Å². The molecule has 0 spiro atoms. The molecule has 4 rings (SSSR count). The lowest BCUT2D eigenvalue weighted by Gasteiger charge is -2.13. The molecule has 0 unspecified atom stereocenters. The van der Waals surface area contributed by atoms with Gasteiger partial charge in [-0.05, 0) is 61.8 Å². The quantitative estimate of drug-likeness (QED) is 0.671. The van der Waals surface area contributed by atoms with Crippen molar-refractivity contribution in [1.82, 2.24) is 9.88 Å². The third-order valence-corrected chi connectivity index (χ3v) is 4.62. The van der Waals surface area contributed by atoms with Crippen LogP contribution < -0.4 is 0 Å². The van der Waals surface area contributed by atoms with Gasteiger partial charge in [0.2, 0.25) is 5.89 Å². The highest BCUT2D eigenvalue weighted by molar-refractivity contribution is 9.10. The van der Waals surface area contributed by atoms with Gasteiger partial charge in [-0.1, -0.05) is 28.1 Å². The number of aromatic nitrogens is 1. The number of halogens is 1. The van der Waals surface area contributed by atoms with E-state index in [0.29, 0.717) is 5.89 Å². The molecule has 0 saturated carbocycles. The lowest BCUT2D eigenvalue weighted by atomic mass is 10.2. The number of benzene rings is 2. The first kappa shape index (κ1) is 14.0. The van der Waals surface area contributed by atoms with Crippen LogP contribution in [0.5, 0.6) is 0 Å². The van der Waals surface area contributed by atoms with Crippen LogP contribution in [-0.4, -0.2) is 23.0 Å².